The van der Waals surface area contributed by atoms with Crippen LogP contribution in [0.1, 0.15) is 37.8 Å². The van der Waals surface area contributed by atoms with Crippen molar-refractivity contribution in [2.75, 3.05) is 50.7 Å². The molecule has 0 aliphatic carbocycles. The van der Waals surface area contributed by atoms with Crippen molar-refractivity contribution in [2.24, 2.45) is 0 Å². The number of hydrogen-bond acceptors (Lipinski definition) is 6. The summed E-state index contributed by atoms with van der Waals surface area (Å²) in [6, 6.07) is 6.33. The van der Waals surface area contributed by atoms with Gasteiger partial charge in [-0.1, -0.05) is 12.1 Å². The van der Waals surface area contributed by atoms with Crippen LogP contribution in [0.2, 0.25) is 0 Å². The normalized spacial score (nSPS) is 19.9. The molecule has 8 nitrogen and oxygen atoms in total. The monoisotopic (exact) mass is 500 g/mol. The van der Waals surface area contributed by atoms with E-state index in [0.717, 1.165) is 49.7 Å². The first-order chi connectivity index (χ1) is 16.4. The lowest BCUT2D eigenvalue weighted by Gasteiger charge is -2.42. The average Bonchev–Trinajstić information content (AvgIpc) is 2.79. The molecule has 2 fully saturated rings. The van der Waals surface area contributed by atoms with Crippen molar-refractivity contribution in [1.29, 1.82) is 0 Å². The molecule has 0 saturated carbocycles. The zero-order chi connectivity index (χ0) is 25.8. The van der Waals surface area contributed by atoms with Gasteiger partial charge in [-0.25, -0.2) is 4.79 Å². The number of piperidine rings is 1. The van der Waals surface area contributed by atoms with E-state index in [9.17, 15) is 22.8 Å². The molecule has 0 spiro atoms. The minimum Gasteiger partial charge on any atom is -0.480 e. The quantitative estimate of drug-likeness (QED) is 0.595. The van der Waals surface area contributed by atoms with E-state index in [-0.39, 0.29) is 12.1 Å². The van der Waals surface area contributed by atoms with Crippen LogP contribution in [0.5, 0.6) is 0 Å². The number of carbonyl (C=O) groups is 2. The largest absolute Gasteiger partial charge is 0.480 e. The number of piperazine rings is 1. The Labute approximate surface area is 204 Å². The molecule has 0 bridgehead atoms. The highest BCUT2D eigenvalue weighted by Gasteiger charge is 2.40. The summed E-state index contributed by atoms with van der Waals surface area (Å²) in [4.78, 5) is 28.9. The van der Waals surface area contributed by atoms with Crippen LogP contribution in [0.25, 0.3) is 0 Å². The zero-order valence-corrected chi connectivity index (χ0v) is 20.5. The summed E-state index contributed by atoms with van der Waals surface area (Å²) in [6.45, 7) is 8.85. The molecule has 1 amide bonds. The van der Waals surface area contributed by atoms with Crippen LogP contribution in [0, 0.1) is 6.92 Å². The van der Waals surface area contributed by atoms with Crippen molar-refractivity contribution in [3.8, 4) is 0 Å². The number of aliphatic carboxylic acids is 1. The second-order valence-electron chi connectivity index (χ2n) is 9.76. The van der Waals surface area contributed by atoms with Crippen molar-refractivity contribution in [1.82, 2.24) is 15.1 Å². The number of alkyl halides is 3. The predicted molar refractivity (Wildman–Crippen MR) is 126 cm³/mol. The Hall–Kier alpha value is -2.53. The van der Waals surface area contributed by atoms with E-state index in [1.165, 1.54) is 4.90 Å². The molecule has 2 saturated heterocycles. The Kier molecular flexibility index (Phi) is 8.53. The topological polar surface area (TPSA) is 85.4 Å². The Morgan fingerprint density at radius 3 is 2.34 bits per heavy atom. The van der Waals surface area contributed by atoms with Gasteiger partial charge >= 0.3 is 18.2 Å². The van der Waals surface area contributed by atoms with E-state index in [2.05, 4.69) is 45.0 Å². The van der Waals surface area contributed by atoms with Crippen molar-refractivity contribution in [3.05, 3.63) is 29.3 Å². The fourth-order valence-electron chi connectivity index (χ4n) is 4.43. The SMILES string of the molecule is Cc1ccc(CN2CCN(C(=O)OC(C)C(F)(F)F)CC2)c(N2CCC(C)(NCC(=O)O)CC2)c1. The molecule has 11 heteroatoms. The minimum atomic E-state index is -4.57. The van der Waals surface area contributed by atoms with Gasteiger partial charge in [-0.2, -0.15) is 13.2 Å². The highest BCUT2D eigenvalue weighted by Crippen LogP contribution is 2.30. The molecule has 2 heterocycles. The van der Waals surface area contributed by atoms with Crippen molar-refractivity contribution < 1.29 is 32.6 Å². The summed E-state index contributed by atoms with van der Waals surface area (Å²) in [6.07, 6.45) is -5.99. The van der Waals surface area contributed by atoms with Gasteiger partial charge in [0.15, 0.2) is 6.10 Å². The number of carbonyl (C=O) groups excluding carboxylic acids is 1. The van der Waals surface area contributed by atoms with E-state index in [1.54, 1.807) is 0 Å². The van der Waals surface area contributed by atoms with Crippen LogP contribution in [-0.4, -0.2) is 90.6 Å². The third-order valence-electron chi connectivity index (χ3n) is 6.88. The number of aryl methyl sites for hydroxylation is 1. The van der Waals surface area contributed by atoms with Gasteiger partial charge in [0, 0.05) is 57.0 Å². The van der Waals surface area contributed by atoms with Crippen LogP contribution in [0.4, 0.5) is 23.7 Å². The predicted octanol–water partition coefficient (Wildman–Crippen LogP) is 3.23. The summed E-state index contributed by atoms with van der Waals surface area (Å²) in [7, 11) is 0. The molecule has 3 rings (SSSR count). The lowest BCUT2D eigenvalue weighted by atomic mass is 9.89. The fraction of sp³-hybridized carbons (Fsp3) is 0.667. The maximum absolute atomic E-state index is 12.7. The molecule has 35 heavy (non-hydrogen) atoms. The van der Waals surface area contributed by atoms with Gasteiger partial charge in [0.2, 0.25) is 0 Å². The lowest BCUT2D eigenvalue weighted by Crippen LogP contribution is -2.53. The Morgan fingerprint density at radius 2 is 1.77 bits per heavy atom. The third kappa shape index (κ3) is 7.47. The number of nitrogens with one attached hydrogen (secondary N) is 1. The highest BCUT2D eigenvalue weighted by molar-refractivity contribution is 5.69. The van der Waals surface area contributed by atoms with Crippen LogP contribution in [-0.2, 0) is 16.1 Å². The molecule has 196 valence electrons. The summed E-state index contributed by atoms with van der Waals surface area (Å²) >= 11 is 0. The summed E-state index contributed by atoms with van der Waals surface area (Å²) in [5, 5.41) is 12.1. The number of anilines is 1. The molecule has 1 aromatic carbocycles. The molecular formula is C24H35F3N4O4. The van der Waals surface area contributed by atoms with Gasteiger partial charge in [0.25, 0.3) is 0 Å². The first-order valence-electron chi connectivity index (χ1n) is 11.9. The Balaban J connectivity index is 1.57. The first-order valence-corrected chi connectivity index (χ1v) is 11.9. The van der Waals surface area contributed by atoms with Crippen LogP contribution < -0.4 is 10.2 Å². The number of ether oxygens (including phenoxy) is 1. The van der Waals surface area contributed by atoms with E-state index in [4.69, 9.17) is 5.11 Å². The van der Waals surface area contributed by atoms with E-state index < -0.39 is 24.3 Å². The maximum atomic E-state index is 12.7. The van der Waals surface area contributed by atoms with Gasteiger partial charge < -0.3 is 25.0 Å². The van der Waals surface area contributed by atoms with E-state index >= 15 is 0 Å². The van der Waals surface area contributed by atoms with Gasteiger partial charge in [0.05, 0.1) is 6.54 Å². The first kappa shape index (κ1) is 27.1. The fourth-order valence-corrected chi connectivity index (χ4v) is 4.43. The van der Waals surface area contributed by atoms with Crippen molar-refractivity contribution >= 4 is 17.7 Å². The summed E-state index contributed by atoms with van der Waals surface area (Å²) in [5.41, 5.74) is 3.23. The average molecular weight is 501 g/mol. The minimum absolute atomic E-state index is 0.0547. The van der Waals surface area contributed by atoms with Gasteiger partial charge in [-0.05, 0) is 50.8 Å². The summed E-state index contributed by atoms with van der Waals surface area (Å²) < 4.78 is 42.6. The van der Waals surface area contributed by atoms with Crippen LogP contribution in [0.3, 0.4) is 0 Å². The Morgan fingerprint density at radius 1 is 1.14 bits per heavy atom. The molecule has 2 aliphatic rings. The van der Waals surface area contributed by atoms with Crippen molar-refractivity contribution in [2.45, 2.75) is 58.0 Å². The van der Waals surface area contributed by atoms with E-state index in [0.29, 0.717) is 32.7 Å². The molecular weight excluding hydrogens is 465 g/mol. The van der Waals surface area contributed by atoms with Crippen molar-refractivity contribution in [3.63, 3.8) is 0 Å². The van der Waals surface area contributed by atoms with Crippen LogP contribution >= 0.6 is 0 Å². The molecule has 0 aromatic heterocycles. The number of rotatable bonds is 7. The van der Waals surface area contributed by atoms with E-state index in [1.807, 2.05) is 6.92 Å². The number of carboxylic acids is 1. The highest BCUT2D eigenvalue weighted by atomic mass is 19.4. The number of amides is 1. The molecule has 2 N–H and O–H groups in total. The molecule has 2 aliphatic heterocycles. The second-order valence-corrected chi connectivity index (χ2v) is 9.76. The molecule has 1 aromatic rings. The molecule has 0 radical (unpaired) electrons. The Bertz CT molecular complexity index is 895. The van der Waals surface area contributed by atoms with Crippen LogP contribution in [0.15, 0.2) is 18.2 Å². The van der Waals surface area contributed by atoms with Gasteiger partial charge in [0.1, 0.15) is 0 Å². The van der Waals surface area contributed by atoms with Gasteiger partial charge in [-0.3, -0.25) is 9.69 Å². The maximum Gasteiger partial charge on any atom is 0.425 e. The third-order valence-corrected chi connectivity index (χ3v) is 6.88. The molecule has 1 atom stereocenters. The smallest absolute Gasteiger partial charge is 0.425 e. The number of nitrogens with zero attached hydrogens (tertiary/aromatic N) is 3. The summed E-state index contributed by atoms with van der Waals surface area (Å²) in [5.74, 6) is -0.863. The standard InChI is InChI=1S/C24H35F3N4O4/c1-17-4-5-19(20(14-17)30-8-6-23(3,7-9-30)28-15-21(32)33)16-29-10-12-31(13-11-29)22(34)35-18(2)24(25,26)27/h4-5,14,18,28H,6-13,15-16H2,1-3H3,(H,32,33). The number of hydrogen-bond donors (Lipinski definition) is 2. The number of halogens is 3. The second kappa shape index (κ2) is 11.0. The number of carboxylic acid groups (broad SMARTS) is 1. The zero-order valence-electron chi connectivity index (χ0n) is 20.5. The lowest BCUT2D eigenvalue weighted by molar-refractivity contribution is -0.200. The van der Waals surface area contributed by atoms with Gasteiger partial charge in [-0.15, -0.1) is 0 Å². The molecule has 1 unspecified atom stereocenters. The number of benzene rings is 1.